The van der Waals surface area contributed by atoms with Crippen molar-refractivity contribution in [2.45, 2.75) is 18.9 Å². The summed E-state index contributed by atoms with van der Waals surface area (Å²) in [5.74, 6) is -1.26. The monoisotopic (exact) mass is 391 g/mol. The number of nitro benzene ring substituents is 1. The normalized spacial score (nSPS) is 13.0. The van der Waals surface area contributed by atoms with E-state index in [2.05, 4.69) is 21.2 Å². The molecule has 3 N–H and O–H groups in total. The Morgan fingerprint density at radius 1 is 1.00 bits per heavy atom. The minimum Gasteiger partial charge on any atom is -0.377 e. The fraction of sp³-hybridized carbons (Fsp3) is 0.150. The molecule has 1 aliphatic rings. The maximum atomic E-state index is 12.3. The van der Waals surface area contributed by atoms with Crippen LogP contribution in [0.4, 0.5) is 11.4 Å². The van der Waals surface area contributed by atoms with Crippen molar-refractivity contribution in [1.29, 1.82) is 0 Å². The lowest BCUT2D eigenvalue weighted by Crippen LogP contribution is -2.42. The molecule has 0 aliphatic heterocycles. The van der Waals surface area contributed by atoms with E-state index >= 15 is 0 Å². The van der Waals surface area contributed by atoms with Gasteiger partial charge < -0.3 is 5.32 Å². The van der Waals surface area contributed by atoms with Gasteiger partial charge in [0.15, 0.2) is 0 Å². The van der Waals surface area contributed by atoms with Crippen LogP contribution >= 0.6 is 0 Å². The van der Waals surface area contributed by atoms with Gasteiger partial charge in [-0.25, -0.2) is 4.98 Å². The Bertz CT molecular complexity index is 1130. The first-order valence-electron chi connectivity index (χ1n) is 9.03. The molecule has 1 heterocycles. The minimum absolute atomic E-state index is 0.0600. The summed E-state index contributed by atoms with van der Waals surface area (Å²) in [6.45, 7) is 0. The lowest BCUT2D eigenvalue weighted by Gasteiger charge is -2.09. The third kappa shape index (κ3) is 4.13. The van der Waals surface area contributed by atoms with Crippen molar-refractivity contribution in [2.75, 3.05) is 5.32 Å². The number of benzene rings is 2. The van der Waals surface area contributed by atoms with Gasteiger partial charge in [-0.05, 0) is 37.1 Å². The molecular formula is C20H17N5O4. The van der Waals surface area contributed by atoms with E-state index in [4.69, 9.17) is 0 Å². The van der Waals surface area contributed by atoms with Gasteiger partial charge in [0.1, 0.15) is 11.4 Å². The molecule has 4 rings (SSSR count). The molecule has 2 aromatic carbocycles. The number of nitro groups is 1. The van der Waals surface area contributed by atoms with E-state index in [-0.39, 0.29) is 23.0 Å². The SMILES string of the molecule is O=C(NNC(=O)c1ccc2ccccc2n1)c1ccc(NC2CC2)c([N+](=O)[O-])c1. The molecule has 0 saturated heterocycles. The summed E-state index contributed by atoms with van der Waals surface area (Å²) in [4.78, 5) is 39.6. The van der Waals surface area contributed by atoms with Crippen molar-refractivity contribution in [3.8, 4) is 0 Å². The molecule has 9 nitrogen and oxygen atoms in total. The predicted molar refractivity (Wildman–Crippen MR) is 106 cm³/mol. The van der Waals surface area contributed by atoms with E-state index in [9.17, 15) is 19.7 Å². The van der Waals surface area contributed by atoms with Crippen molar-refractivity contribution in [3.05, 3.63) is 76.0 Å². The molecule has 0 bridgehead atoms. The molecule has 1 aliphatic carbocycles. The molecule has 0 spiro atoms. The second-order valence-electron chi connectivity index (χ2n) is 6.71. The average molecular weight is 391 g/mol. The molecule has 0 unspecified atom stereocenters. The Labute approximate surface area is 165 Å². The van der Waals surface area contributed by atoms with Gasteiger partial charge in [0.05, 0.1) is 10.4 Å². The molecule has 3 aromatic rings. The highest BCUT2D eigenvalue weighted by molar-refractivity contribution is 5.99. The van der Waals surface area contributed by atoms with Crippen molar-refractivity contribution < 1.29 is 14.5 Å². The number of nitrogens with zero attached hydrogens (tertiary/aromatic N) is 2. The quantitative estimate of drug-likeness (QED) is 0.453. The molecule has 1 saturated carbocycles. The number of hydrogen-bond donors (Lipinski definition) is 3. The Hall–Kier alpha value is -4.01. The highest BCUT2D eigenvalue weighted by Gasteiger charge is 2.25. The fourth-order valence-electron chi connectivity index (χ4n) is 2.84. The van der Waals surface area contributed by atoms with Crippen molar-refractivity contribution in [1.82, 2.24) is 15.8 Å². The van der Waals surface area contributed by atoms with Gasteiger partial charge in [-0.1, -0.05) is 24.3 Å². The van der Waals surface area contributed by atoms with Crippen molar-refractivity contribution in [3.63, 3.8) is 0 Å². The number of aromatic nitrogens is 1. The van der Waals surface area contributed by atoms with Gasteiger partial charge in [-0.3, -0.25) is 30.6 Å². The number of carbonyl (C=O) groups excluding carboxylic acids is 2. The number of hydrazine groups is 1. The van der Waals surface area contributed by atoms with Crippen LogP contribution in [-0.4, -0.2) is 27.8 Å². The van der Waals surface area contributed by atoms with Crippen LogP contribution in [0.2, 0.25) is 0 Å². The zero-order chi connectivity index (χ0) is 20.4. The molecule has 0 atom stereocenters. The highest BCUT2D eigenvalue weighted by Crippen LogP contribution is 2.31. The number of fused-ring (bicyclic) bond motifs is 1. The topological polar surface area (TPSA) is 126 Å². The molecular weight excluding hydrogens is 374 g/mol. The van der Waals surface area contributed by atoms with Gasteiger partial charge in [-0.2, -0.15) is 0 Å². The van der Waals surface area contributed by atoms with E-state index in [0.29, 0.717) is 11.2 Å². The summed E-state index contributed by atoms with van der Waals surface area (Å²) >= 11 is 0. The summed E-state index contributed by atoms with van der Waals surface area (Å²) in [5, 5.41) is 15.3. The largest absolute Gasteiger partial charge is 0.377 e. The number of hydrogen-bond acceptors (Lipinski definition) is 6. The van der Waals surface area contributed by atoms with Crippen LogP contribution in [0.15, 0.2) is 54.6 Å². The Kier molecular flexibility index (Phi) is 4.78. The van der Waals surface area contributed by atoms with Crippen LogP contribution in [0.25, 0.3) is 10.9 Å². The van der Waals surface area contributed by atoms with Crippen LogP contribution in [0, 0.1) is 10.1 Å². The first-order chi connectivity index (χ1) is 14.0. The number of rotatable bonds is 5. The Balaban J connectivity index is 1.45. The number of pyridine rings is 1. The molecule has 1 fully saturated rings. The van der Waals surface area contributed by atoms with E-state index in [1.807, 2.05) is 18.2 Å². The number of amides is 2. The van der Waals surface area contributed by atoms with Crippen LogP contribution in [0.5, 0.6) is 0 Å². The second kappa shape index (κ2) is 7.55. The standard InChI is InChI=1S/C20H17N5O4/c26-19(13-6-9-16(21-14-7-8-14)18(11-13)25(28)29)23-24-20(27)17-10-5-12-3-1-2-4-15(12)22-17/h1-6,9-11,14,21H,7-8H2,(H,23,26)(H,24,27). The van der Waals surface area contributed by atoms with Crippen LogP contribution in [-0.2, 0) is 0 Å². The molecule has 9 heteroatoms. The van der Waals surface area contributed by atoms with Crippen LogP contribution in [0.3, 0.4) is 0 Å². The highest BCUT2D eigenvalue weighted by atomic mass is 16.6. The smallest absolute Gasteiger partial charge is 0.293 e. The van der Waals surface area contributed by atoms with E-state index in [1.165, 1.54) is 18.2 Å². The summed E-state index contributed by atoms with van der Waals surface area (Å²) in [6, 6.07) is 15.0. The Morgan fingerprint density at radius 2 is 1.76 bits per heavy atom. The first-order valence-corrected chi connectivity index (χ1v) is 9.03. The van der Waals surface area contributed by atoms with Crippen molar-refractivity contribution >= 4 is 34.1 Å². The van der Waals surface area contributed by atoms with E-state index in [0.717, 1.165) is 18.2 Å². The number of carbonyl (C=O) groups is 2. The number of anilines is 1. The predicted octanol–water partition coefficient (Wildman–Crippen LogP) is 2.79. The maximum absolute atomic E-state index is 12.3. The Morgan fingerprint density at radius 3 is 2.52 bits per heavy atom. The zero-order valence-corrected chi connectivity index (χ0v) is 15.2. The third-order valence-corrected chi connectivity index (χ3v) is 4.51. The van der Waals surface area contributed by atoms with Crippen molar-refractivity contribution in [2.24, 2.45) is 0 Å². The van der Waals surface area contributed by atoms with E-state index < -0.39 is 16.7 Å². The number of nitrogens with one attached hydrogen (secondary N) is 3. The molecule has 29 heavy (non-hydrogen) atoms. The third-order valence-electron chi connectivity index (χ3n) is 4.51. The lowest BCUT2D eigenvalue weighted by atomic mass is 10.1. The number of para-hydroxylation sites is 1. The second-order valence-corrected chi connectivity index (χ2v) is 6.71. The van der Waals surface area contributed by atoms with Gasteiger partial charge >= 0.3 is 0 Å². The minimum atomic E-state index is -0.666. The van der Waals surface area contributed by atoms with Gasteiger partial charge in [0.2, 0.25) is 0 Å². The molecule has 1 aromatic heterocycles. The fourth-order valence-corrected chi connectivity index (χ4v) is 2.84. The lowest BCUT2D eigenvalue weighted by molar-refractivity contribution is -0.384. The van der Waals surface area contributed by atoms with Crippen LogP contribution in [0.1, 0.15) is 33.7 Å². The summed E-state index contributed by atoms with van der Waals surface area (Å²) in [7, 11) is 0. The summed E-state index contributed by atoms with van der Waals surface area (Å²) in [6.07, 6.45) is 1.93. The summed E-state index contributed by atoms with van der Waals surface area (Å²) < 4.78 is 0. The van der Waals surface area contributed by atoms with Gasteiger partial charge in [0, 0.05) is 23.1 Å². The van der Waals surface area contributed by atoms with E-state index in [1.54, 1.807) is 18.2 Å². The van der Waals surface area contributed by atoms with Crippen LogP contribution < -0.4 is 16.2 Å². The molecule has 0 radical (unpaired) electrons. The molecule has 146 valence electrons. The summed E-state index contributed by atoms with van der Waals surface area (Å²) in [5.41, 5.74) is 5.58. The van der Waals surface area contributed by atoms with Gasteiger partial charge in [0.25, 0.3) is 17.5 Å². The van der Waals surface area contributed by atoms with Gasteiger partial charge in [-0.15, -0.1) is 0 Å². The zero-order valence-electron chi connectivity index (χ0n) is 15.2. The molecule has 2 amide bonds. The first kappa shape index (κ1) is 18.4. The maximum Gasteiger partial charge on any atom is 0.293 e. The average Bonchev–Trinajstić information content (AvgIpc) is 3.55.